The van der Waals surface area contributed by atoms with Crippen LogP contribution in [0.15, 0.2) is 42.5 Å². The van der Waals surface area contributed by atoms with Crippen LogP contribution in [0.5, 0.6) is 11.5 Å². The van der Waals surface area contributed by atoms with Crippen LogP contribution in [0.4, 0.5) is 4.39 Å². The number of rotatable bonds is 7. The number of phenolic OH excluding ortho intramolecular Hbond substituents is 2. The van der Waals surface area contributed by atoms with Gasteiger partial charge < -0.3 is 25.4 Å². The minimum Gasteiger partial charge on any atom is -0.504 e. The molecule has 0 unspecified atom stereocenters. The van der Waals surface area contributed by atoms with Gasteiger partial charge in [-0.2, -0.15) is 0 Å². The van der Waals surface area contributed by atoms with Crippen molar-refractivity contribution in [2.75, 3.05) is 6.61 Å². The lowest BCUT2D eigenvalue weighted by atomic mass is 10.1. The Morgan fingerprint density at radius 2 is 1.78 bits per heavy atom. The fourth-order valence-electron chi connectivity index (χ4n) is 2.21. The van der Waals surface area contributed by atoms with Crippen LogP contribution in [-0.4, -0.2) is 40.9 Å². The van der Waals surface area contributed by atoms with Gasteiger partial charge in [0.15, 0.2) is 11.5 Å². The first-order valence-corrected chi connectivity index (χ1v) is 8.16. The van der Waals surface area contributed by atoms with Crippen molar-refractivity contribution in [3.8, 4) is 11.5 Å². The van der Waals surface area contributed by atoms with Crippen molar-refractivity contribution in [1.29, 1.82) is 0 Å². The Morgan fingerprint density at radius 1 is 1.11 bits per heavy atom. The molecule has 0 saturated carbocycles. The Hall–Kier alpha value is -3.13. The van der Waals surface area contributed by atoms with E-state index in [1.54, 1.807) is 0 Å². The highest BCUT2D eigenvalue weighted by Crippen LogP contribution is 2.25. The molecule has 0 heterocycles. The summed E-state index contributed by atoms with van der Waals surface area (Å²) in [4.78, 5) is 23.8. The molecule has 7 nitrogen and oxygen atoms in total. The molecule has 0 fully saturated rings. The fraction of sp³-hybridized carbons (Fsp3) is 0.263. The summed E-state index contributed by atoms with van der Waals surface area (Å²) in [5.41, 5.74) is 6.49. The predicted octanol–water partition coefficient (Wildman–Crippen LogP) is 1.90. The number of esters is 2. The Balaban J connectivity index is 1.80. The minimum atomic E-state index is -0.992. The van der Waals surface area contributed by atoms with Crippen LogP contribution in [0.3, 0.4) is 0 Å². The summed E-state index contributed by atoms with van der Waals surface area (Å²) >= 11 is 0. The summed E-state index contributed by atoms with van der Waals surface area (Å²) in [5, 5.41) is 18.7. The van der Waals surface area contributed by atoms with Gasteiger partial charge in [0.05, 0.1) is 5.56 Å². The molecule has 0 radical (unpaired) electrons. The zero-order valence-corrected chi connectivity index (χ0v) is 14.6. The van der Waals surface area contributed by atoms with E-state index in [4.69, 9.17) is 15.2 Å². The lowest BCUT2D eigenvalue weighted by Crippen LogP contribution is -2.36. The number of phenols is 2. The standard InChI is InChI=1S/C19H20FNO6/c1-11(27-18(24)13-3-5-14(20)6-4-13)10-26-19(25)15(21)8-12-2-7-16(22)17(23)9-12/h2-7,9,11,15,22-23H,8,10,21H2,1H3/t11-,15-/m0/s1. The minimum absolute atomic E-state index is 0.0937. The molecule has 0 amide bonds. The van der Waals surface area contributed by atoms with Gasteiger partial charge in [-0.3, -0.25) is 4.79 Å². The van der Waals surface area contributed by atoms with Gasteiger partial charge in [-0.1, -0.05) is 6.07 Å². The third-order valence-electron chi connectivity index (χ3n) is 3.65. The summed E-state index contributed by atoms with van der Waals surface area (Å²) in [6, 6.07) is 7.99. The maximum Gasteiger partial charge on any atom is 0.338 e. The molecule has 0 aliphatic heterocycles. The van der Waals surface area contributed by atoms with Crippen molar-refractivity contribution < 1.29 is 33.7 Å². The van der Waals surface area contributed by atoms with Crippen LogP contribution in [-0.2, 0) is 20.7 Å². The number of aromatic hydroxyl groups is 2. The van der Waals surface area contributed by atoms with Crippen molar-refractivity contribution in [2.24, 2.45) is 5.73 Å². The summed E-state index contributed by atoms with van der Waals surface area (Å²) in [6.45, 7) is 1.35. The van der Waals surface area contributed by atoms with E-state index in [1.165, 1.54) is 37.3 Å². The average molecular weight is 377 g/mol. The summed E-state index contributed by atoms with van der Waals surface area (Å²) in [5.74, 6) is -2.42. The maximum absolute atomic E-state index is 12.8. The van der Waals surface area contributed by atoms with Gasteiger partial charge >= 0.3 is 11.9 Å². The molecule has 4 N–H and O–H groups in total. The quantitative estimate of drug-likeness (QED) is 0.498. The Labute approximate surface area is 155 Å². The first kappa shape index (κ1) is 20.2. The number of halogens is 1. The van der Waals surface area contributed by atoms with Crippen molar-refractivity contribution >= 4 is 11.9 Å². The smallest absolute Gasteiger partial charge is 0.338 e. The fourth-order valence-corrected chi connectivity index (χ4v) is 2.21. The molecule has 0 bridgehead atoms. The van der Waals surface area contributed by atoms with E-state index in [2.05, 4.69) is 0 Å². The molecule has 2 aromatic rings. The van der Waals surface area contributed by atoms with E-state index in [0.29, 0.717) is 5.56 Å². The molecule has 0 spiro atoms. The normalized spacial score (nSPS) is 12.9. The molecule has 144 valence electrons. The second-order valence-electron chi connectivity index (χ2n) is 5.99. The van der Waals surface area contributed by atoms with Gasteiger partial charge in [-0.15, -0.1) is 0 Å². The van der Waals surface area contributed by atoms with Crippen molar-refractivity contribution in [1.82, 2.24) is 0 Å². The van der Waals surface area contributed by atoms with Gasteiger partial charge in [0.2, 0.25) is 0 Å². The van der Waals surface area contributed by atoms with E-state index in [9.17, 15) is 24.2 Å². The molecule has 0 aromatic heterocycles. The van der Waals surface area contributed by atoms with Crippen LogP contribution in [0, 0.1) is 5.82 Å². The van der Waals surface area contributed by atoms with Crippen LogP contribution in [0.25, 0.3) is 0 Å². The predicted molar refractivity (Wildman–Crippen MR) is 93.7 cm³/mol. The number of nitrogens with two attached hydrogens (primary N) is 1. The first-order chi connectivity index (χ1) is 12.8. The van der Waals surface area contributed by atoms with Gasteiger partial charge in [0, 0.05) is 0 Å². The Bertz CT molecular complexity index is 808. The SMILES string of the molecule is C[C@@H](COC(=O)[C@@H](N)Cc1ccc(O)c(O)c1)OC(=O)c1ccc(F)cc1. The monoisotopic (exact) mass is 377 g/mol. The molecule has 0 aliphatic carbocycles. The van der Waals surface area contributed by atoms with E-state index in [1.807, 2.05) is 0 Å². The Morgan fingerprint density at radius 3 is 2.41 bits per heavy atom. The number of hydrogen-bond acceptors (Lipinski definition) is 7. The first-order valence-electron chi connectivity index (χ1n) is 8.16. The van der Waals surface area contributed by atoms with Gasteiger partial charge in [-0.05, 0) is 55.3 Å². The van der Waals surface area contributed by atoms with E-state index in [-0.39, 0.29) is 30.1 Å². The molecule has 2 aromatic carbocycles. The highest BCUT2D eigenvalue weighted by molar-refractivity contribution is 5.89. The largest absolute Gasteiger partial charge is 0.504 e. The molecule has 2 rings (SSSR count). The summed E-state index contributed by atoms with van der Waals surface area (Å²) in [6.07, 6.45) is -0.632. The highest BCUT2D eigenvalue weighted by atomic mass is 19.1. The number of ether oxygens (including phenoxy) is 2. The third kappa shape index (κ3) is 5.96. The van der Waals surface area contributed by atoms with Gasteiger partial charge in [-0.25, -0.2) is 9.18 Å². The number of carbonyl (C=O) groups excluding carboxylic acids is 2. The third-order valence-corrected chi connectivity index (χ3v) is 3.65. The zero-order chi connectivity index (χ0) is 20.0. The highest BCUT2D eigenvalue weighted by Gasteiger charge is 2.19. The van der Waals surface area contributed by atoms with Crippen molar-refractivity contribution in [3.05, 3.63) is 59.4 Å². The molecule has 0 saturated heterocycles. The number of hydrogen-bond donors (Lipinski definition) is 3. The second-order valence-corrected chi connectivity index (χ2v) is 5.99. The maximum atomic E-state index is 12.8. The van der Waals surface area contributed by atoms with E-state index < -0.39 is 29.9 Å². The second kappa shape index (κ2) is 9.00. The van der Waals surface area contributed by atoms with Gasteiger partial charge in [0.1, 0.15) is 24.6 Å². The molecule has 8 heteroatoms. The van der Waals surface area contributed by atoms with Crippen LogP contribution < -0.4 is 5.73 Å². The van der Waals surface area contributed by atoms with E-state index in [0.717, 1.165) is 12.1 Å². The van der Waals surface area contributed by atoms with Crippen LogP contribution >= 0.6 is 0 Å². The lowest BCUT2D eigenvalue weighted by Gasteiger charge is -2.16. The molecule has 0 aliphatic rings. The zero-order valence-electron chi connectivity index (χ0n) is 14.6. The van der Waals surface area contributed by atoms with Crippen molar-refractivity contribution in [2.45, 2.75) is 25.5 Å². The summed E-state index contributed by atoms with van der Waals surface area (Å²) in [7, 11) is 0. The van der Waals surface area contributed by atoms with Crippen molar-refractivity contribution in [3.63, 3.8) is 0 Å². The van der Waals surface area contributed by atoms with E-state index >= 15 is 0 Å². The summed E-state index contributed by atoms with van der Waals surface area (Å²) < 4.78 is 23.0. The van der Waals surface area contributed by atoms with Gasteiger partial charge in [0.25, 0.3) is 0 Å². The lowest BCUT2D eigenvalue weighted by molar-refractivity contribution is -0.148. The topological polar surface area (TPSA) is 119 Å². The van der Waals surface area contributed by atoms with Crippen LogP contribution in [0.2, 0.25) is 0 Å². The average Bonchev–Trinajstić information content (AvgIpc) is 2.63. The Kier molecular flexibility index (Phi) is 6.73. The van der Waals surface area contributed by atoms with Crippen LogP contribution in [0.1, 0.15) is 22.8 Å². The molecule has 27 heavy (non-hydrogen) atoms. The molecule has 2 atom stereocenters. The molecular formula is C19H20FNO6. The number of carbonyl (C=O) groups is 2. The molecular weight excluding hydrogens is 357 g/mol. The number of benzene rings is 2.